The van der Waals surface area contributed by atoms with Crippen molar-refractivity contribution < 1.29 is 14.8 Å². The minimum Gasteiger partial charge on any atom is -0.478 e. The van der Waals surface area contributed by atoms with Crippen molar-refractivity contribution in [2.24, 2.45) is 0 Å². The molecule has 0 spiro atoms. The fourth-order valence-corrected chi connectivity index (χ4v) is 1.17. The predicted molar refractivity (Wildman–Crippen MR) is 61.2 cm³/mol. The van der Waals surface area contributed by atoms with E-state index in [-0.39, 0.29) is 23.1 Å². The lowest BCUT2D eigenvalue weighted by atomic mass is 10.2. The Bertz CT molecular complexity index is 447. The van der Waals surface area contributed by atoms with Crippen molar-refractivity contribution in [3.63, 3.8) is 0 Å². The minimum absolute atomic E-state index is 0.0436. The van der Waals surface area contributed by atoms with Crippen LogP contribution in [0.2, 0.25) is 0 Å². The summed E-state index contributed by atoms with van der Waals surface area (Å²) in [5.41, 5.74) is -0.531. The first-order chi connectivity index (χ1) is 7.95. The van der Waals surface area contributed by atoms with Crippen LogP contribution in [0.3, 0.4) is 0 Å². The van der Waals surface area contributed by atoms with E-state index in [4.69, 9.17) is 5.11 Å². The maximum Gasteiger partial charge on any atom is 0.339 e. The molecule has 0 aliphatic rings. The number of aromatic nitrogens is 1. The number of carboxylic acids is 1. The van der Waals surface area contributed by atoms with Crippen LogP contribution >= 0.6 is 0 Å². The van der Waals surface area contributed by atoms with Crippen LogP contribution in [-0.2, 0) is 0 Å². The first-order valence-electron chi connectivity index (χ1n) is 5.10. The van der Waals surface area contributed by atoms with Gasteiger partial charge in [0.15, 0.2) is 0 Å². The van der Waals surface area contributed by atoms with Crippen LogP contribution in [0.25, 0.3) is 0 Å². The maximum atomic E-state index is 11.0. The number of nitrogens with one attached hydrogen (secondary N) is 1. The Morgan fingerprint density at radius 1 is 1.71 bits per heavy atom. The molecule has 0 fully saturated rings. The number of rotatable bonds is 5. The van der Waals surface area contributed by atoms with Crippen LogP contribution in [0.1, 0.15) is 30.6 Å². The number of aromatic carboxylic acids is 1. The van der Waals surface area contributed by atoms with Crippen molar-refractivity contribution >= 4 is 17.5 Å². The van der Waals surface area contributed by atoms with E-state index in [1.807, 2.05) is 13.8 Å². The highest BCUT2D eigenvalue weighted by Crippen LogP contribution is 2.20. The molecule has 2 N–H and O–H groups in total. The number of hydrogen-bond acceptors (Lipinski definition) is 5. The van der Waals surface area contributed by atoms with Gasteiger partial charge in [0.1, 0.15) is 17.6 Å². The van der Waals surface area contributed by atoms with Crippen LogP contribution < -0.4 is 5.32 Å². The summed E-state index contributed by atoms with van der Waals surface area (Å²) in [4.78, 5) is 24.6. The number of carboxylic acid groups (broad SMARTS) is 1. The fraction of sp³-hybridized carbons (Fsp3) is 0.400. The Kier molecular flexibility index (Phi) is 3.97. The van der Waals surface area contributed by atoms with E-state index >= 15 is 0 Å². The molecule has 0 saturated heterocycles. The van der Waals surface area contributed by atoms with Crippen LogP contribution in [0, 0.1) is 10.1 Å². The molecule has 1 unspecified atom stereocenters. The molecule has 7 nitrogen and oxygen atoms in total. The molecule has 1 rings (SSSR count). The molecule has 7 heteroatoms. The molecule has 0 amide bonds. The summed E-state index contributed by atoms with van der Waals surface area (Å²) in [6.45, 7) is 3.80. The van der Waals surface area contributed by atoms with Crippen molar-refractivity contribution in [2.75, 3.05) is 5.32 Å². The van der Waals surface area contributed by atoms with E-state index in [9.17, 15) is 14.9 Å². The van der Waals surface area contributed by atoms with Crippen molar-refractivity contribution in [3.8, 4) is 0 Å². The lowest BCUT2D eigenvalue weighted by Gasteiger charge is -2.13. The van der Waals surface area contributed by atoms with Gasteiger partial charge in [-0.05, 0) is 13.3 Å². The molecule has 0 bridgehead atoms. The monoisotopic (exact) mass is 239 g/mol. The van der Waals surface area contributed by atoms with E-state index in [0.29, 0.717) is 0 Å². The minimum atomic E-state index is -1.24. The average Bonchev–Trinajstić information content (AvgIpc) is 2.28. The van der Waals surface area contributed by atoms with E-state index in [0.717, 1.165) is 18.7 Å². The Hall–Kier alpha value is -2.18. The molecule has 92 valence electrons. The first-order valence-corrected chi connectivity index (χ1v) is 5.10. The number of hydrogen-bond donors (Lipinski definition) is 2. The predicted octanol–water partition coefficient (Wildman–Crippen LogP) is 1.90. The second kappa shape index (κ2) is 5.24. The van der Waals surface area contributed by atoms with Gasteiger partial charge in [-0.15, -0.1) is 0 Å². The summed E-state index contributed by atoms with van der Waals surface area (Å²) in [7, 11) is 0. The van der Waals surface area contributed by atoms with Crippen molar-refractivity contribution in [1.29, 1.82) is 0 Å². The number of nitrogens with zero attached hydrogens (tertiary/aromatic N) is 2. The highest BCUT2D eigenvalue weighted by atomic mass is 16.6. The van der Waals surface area contributed by atoms with Gasteiger partial charge in [0.2, 0.25) is 0 Å². The summed E-state index contributed by atoms with van der Waals surface area (Å²) >= 11 is 0. The zero-order valence-electron chi connectivity index (χ0n) is 9.51. The fourth-order valence-electron chi connectivity index (χ4n) is 1.17. The van der Waals surface area contributed by atoms with E-state index in [1.54, 1.807) is 0 Å². The standard InChI is InChI=1S/C10H13N3O4/c1-3-6(2)12-9-8(10(14)15)4-7(5-11-9)13(16)17/h4-6H,3H2,1-2H3,(H,11,12)(H,14,15). The van der Waals surface area contributed by atoms with Crippen LogP contribution in [0.15, 0.2) is 12.3 Å². The molecule has 0 saturated carbocycles. The third-order valence-electron chi connectivity index (χ3n) is 2.31. The smallest absolute Gasteiger partial charge is 0.339 e. The third kappa shape index (κ3) is 3.13. The molecule has 0 radical (unpaired) electrons. The van der Waals surface area contributed by atoms with Crippen molar-refractivity contribution in [1.82, 2.24) is 4.98 Å². The molecule has 0 aliphatic heterocycles. The summed E-state index contributed by atoms with van der Waals surface area (Å²) in [5, 5.41) is 22.4. The van der Waals surface area contributed by atoms with E-state index in [1.165, 1.54) is 0 Å². The van der Waals surface area contributed by atoms with Gasteiger partial charge in [0, 0.05) is 12.1 Å². The molecule has 0 aliphatic carbocycles. The quantitative estimate of drug-likeness (QED) is 0.600. The van der Waals surface area contributed by atoms with Gasteiger partial charge < -0.3 is 10.4 Å². The van der Waals surface area contributed by atoms with Gasteiger partial charge in [0.25, 0.3) is 5.69 Å². The molecule has 1 aromatic rings. The maximum absolute atomic E-state index is 11.0. The van der Waals surface area contributed by atoms with Crippen LogP contribution in [0.4, 0.5) is 11.5 Å². The van der Waals surface area contributed by atoms with Gasteiger partial charge in [0.05, 0.1) is 4.92 Å². The Balaban J connectivity index is 3.13. The highest BCUT2D eigenvalue weighted by Gasteiger charge is 2.18. The number of pyridine rings is 1. The zero-order chi connectivity index (χ0) is 13.0. The van der Waals surface area contributed by atoms with Crippen molar-refractivity contribution in [2.45, 2.75) is 26.3 Å². The Morgan fingerprint density at radius 3 is 2.82 bits per heavy atom. The third-order valence-corrected chi connectivity index (χ3v) is 2.31. The molecular weight excluding hydrogens is 226 g/mol. The molecule has 0 aromatic carbocycles. The summed E-state index contributed by atoms with van der Waals surface area (Å²) < 4.78 is 0. The summed E-state index contributed by atoms with van der Waals surface area (Å²) in [6.07, 6.45) is 1.83. The normalized spacial score (nSPS) is 11.9. The van der Waals surface area contributed by atoms with Gasteiger partial charge in [-0.2, -0.15) is 0 Å². The SMILES string of the molecule is CCC(C)Nc1ncc([N+](=O)[O-])cc1C(=O)O. The lowest BCUT2D eigenvalue weighted by Crippen LogP contribution is -2.17. The van der Waals surface area contributed by atoms with Crippen LogP contribution in [0.5, 0.6) is 0 Å². The Morgan fingerprint density at radius 2 is 2.35 bits per heavy atom. The van der Waals surface area contributed by atoms with Gasteiger partial charge in [-0.1, -0.05) is 6.92 Å². The number of carbonyl (C=O) groups is 1. The molecule has 1 heterocycles. The molecular formula is C10H13N3O4. The average molecular weight is 239 g/mol. The number of anilines is 1. The number of nitro groups is 1. The van der Waals surface area contributed by atoms with Crippen LogP contribution in [-0.4, -0.2) is 27.0 Å². The first kappa shape index (κ1) is 12.9. The highest BCUT2D eigenvalue weighted by molar-refractivity contribution is 5.93. The second-order valence-corrected chi connectivity index (χ2v) is 3.61. The summed E-state index contributed by atoms with van der Waals surface area (Å²) in [6, 6.07) is 1.04. The molecule has 1 aromatic heterocycles. The van der Waals surface area contributed by atoms with Gasteiger partial charge in [-0.25, -0.2) is 9.78 Å². The van der Waals surface area contributed by atoms with Crippen molar-refractivity contribution in [3.05, 3.63) is 27.9 Å². The Labute approximate surface area is 97.6 Å². The molecule has 1 atom stereocenters. The van der Waals surface area contributed by atoms with Gasteiger partial charge in [-0.3, -0.25) is 10.1 Å². The molecule has 17 heavy (non-hydrogen) atoms. The van der Waals surface area contributed by atoms with E-state index < -0.39 is 10.9 Å². The second-order valence-electron chi connectivity index (χ2n) is 3.61. The lowest BCUT2D eigenvalue weighted by molar-refractivity contribution is -0.385. The topological polar surface area (TPSA) is 105 Å². The largest absolute Gasteiger partial charge is 0.478 e. The van der Waals surface area contributed by atoms with E-state index in [2.05, 4.69) is 10.3 Å². The van der Waals surface area contributed by atoms with Gasteiger partial charge >= 0.3 is 5.97 Å². The summed E-state index contributed by atoms with van der Waals surface area (Å²) in [5.74, 6) is -1.09. The zero-order valence-corrected chi connectivity index (χ0v) is 9.51.